The summed E-state index contributed by atoms with van der Waals surface area (Å²) in [6.45, 7) is 4.15. The SMILES string of the molecule is CC(=O)c1c(F)cccc1N1CCCN(C(=O)CC2CCCC2)CC1. The van der Waals surface area contributed by atoms with Crippen molar-refractivity contribution in [3.05, 3.63) is 29.6 Å². The summed E-state index contributed by atoms with van der Waals surface area (Å²) < 4.78 is 14.1. The predicted octanol–water partition coefficient (Wildman–Crippen LogP) is 3.65. The van der Waals surface area contributed by atoms with Crippen molar-refractivity contribution in [2.45, 2.75) is 45.4 Å². The van der Waals surface area contributed by atoms with Crippen LogP contribution in [0, 0.1) is 11.7 Å². The molecular weight excluding hydrogens is 319 g/mol. The Morgan fingerprint density at radius 1 is 1.08 bits per heavy atom. The second kappa shape index (κ2) is 7.98. The number of carbonyl (C=O) groups excluding carboxylic acids is 2. The lowest BCUT2D eigenvalue weighted by atomic mass is 10.0. The molecule has 0 N–H and O–H groups in total. The van der Waals surface area contributed by atoms with Crippen LogP contribution in [0.3, 0.4) is 0 Å². The van der Waals surface area contributed by atoms with Gasteiger partial charge >= 0.3 is 0 Å². The van der Waals surface area contributed by atoms with Crippen molar-refractivity contribution in [3.63, 3.8) is 0 Å². The highest BCUT2D eigenvalue weighted by atomic mass is 19.1. The van der Waals surface area contributed by atoms with Crippen LogP contribution >= 0.6 is 0 Å². The summed E-state index contributed by atoms with van der Waals surface area (Å²) >= 11 is 0. The third kappa shape index (κ3) is 4.20. The monoisotopic (exact) mass is 346 g/mol. The summed E-state index contributed by atoms with van der Waals surface area (Å²) in [4.78, 5) is 28.4. The fourth-order valence-electron chi connectivity index (χ4n) is 4.12. The van der Waals surface area contributed by atoms with E-state index in [2.05, 4.69) is 0 Å². The predicted molar refractivity (Wildman–Crippen MR) is 96.4 cm³/mol. The van der Waals surface area contributed by atoms with Crippen molar-refractivity contribution in [1.82, 2.24) is 4.90 Å². The molecule has 2 aliphatic rings. The van der Waals surface area contributed by atoms with Crippen LogP contribution in [0.2, 0.25) is 0 Å². The quantitative estimate of drug-likeness (QED) is 0.782. The number of anilines is 1. The highest BCUT2D eigenvalue weighted by Crippen LogP contribution is 2.29. The number of halogens is 1. The van der Waals surface area contributed by atoms with E-state index in [1.54, 1.807) is 12.1 Å². The normalized spacial score (nSPS) is 19.1. The number of nitrogens with zero attached hydrogens (tertiary/aromatic N) is 2. The van der Waals surface area contributed by atoms with Gasteiger partial charge < -0.3 is 9.80 Å². The van der Waals surface area contributed by atoms with Gasteiger partial charge in [0.2, 0.25) is 5.91 Å². The molecule has 0 spiro atoms. The van der Waals surface area contributed by atoms with Gasteiger partial charge in [-0.05, 0) is 44.2 Å². The maximum absolute atomic E-state index is 14.1. The first kappa shape index (κ1) is 17.9. The van der Waals surface area contributed by atoms with Crippen LogP contribution < -0.4 is 4.90 Å². The molecule has 1 aromatic carbocycles. The molecular formula is C20H27FN2O2. The van der Waals surface area contributed by atoms with Gasteiger partial charge in [0, 0.05) is 32.6 Å². The zero-order valence-corrected chi connectivity index (χ0v) is 15.0. The standard InChI is InChI=1S/C20H27FN2O2/c1-15(24)20-17(21)8-4-9-18(20)22-10-5-11-23(13-12-22)19(25)14-16-6-2-3-7-16/h4,8-9,16H,2-3,5-7,10-14H2,1H3. The molecule has 1 saturated carbocycles. The maximum Gasteiger partial charge on any atom is 0.222 e. The maximum atomic E-state index is 14.1. The Kier molecular flexibility index (Phi) is 5.71. The molecule has 0 unspecified atom stereocenters. The number of benzene rings is 1. The topological polar surface area (TPSA) is 40.6 Å². The number of ketones is 1. The molecule has 25 heavy (non-hydrogen) atoms. The van der Waals surface area contributed by atoms with Gasteiger partial charge in [-0.1, -0.05) is 18.9 Å². The lowest BCUT2D eigenvalue weighted by molar-refractivity contribution is -0.131. The van der Waals surface area contributed by atoms with Crippen LogP contribution in [0.4, 0.5) is 10.1 Å². The average Bonchev–Trinajstić information content (AvgIpc) is 2.95. The average molecular weight is 346 g/mol. The van der Waals surface area contributed by atoms with E-state index in [9.17, 15) is 14.0 Å². The number of rotatable bonds is 4. The Labute approximate surface area is 149 Å². The first-order valence-electron chi connectivity index (χ1n) is 9.38. The minimum absolute atomic E-state index is 0.160. The number of carbonyl (C=O) groups is 2. The Bertz CT molecular complexity index is 641. The summed E-state index contributed by atoms with van der Waals surface area (Å²) in [5.74, 6) is 0.0779. The number of hydrogen-bond acceptors (Lipinski definition) is 3. The van der Waals surface area contributed by atoms with Crippen LogP contribution in [-0.4, -0.2) is 42.8 Å². The van der Waals surface area contributed by atoms with Gasteiger partial charge in [-0.15, -0.1) is 0 Å². The van der Waals surface area contributed by atoms with Crippen LogP contribution in [0.15, 0.2) is 18.2 Å². The molecule has 0 radical (unpaired) electrons. The molecule has 1 heterocycles. The van der Waals surface area contributed by atoms with Gasteiger partial charge in [0.05, 0.1) is 11.3 Å². The van der Waals surface area contributed by atoms with Gasteiger partial charge in [0.1, 0.15) is 5.82 Å². The Hall–Kier alpha value is -1.91. The van der Waals surface area contributed by atoms with E-state index in [1.165, 1.54) is 38.7 Å². The Morgan fingerprint density at radius 3 is 2.56 bits per heavy atom. The van der Waals surface area contributed by atoms with Crippen molar-refractivity contribution in [2.75, 3.05) is 31.1 Å². The molecule has 136 valence electrons. The first-order chi connectivity index (χ1) is 12.1. The summed E-state index contributed by atoms with van der Waals surface area (Å²) in [6, 6.07) is 4.77. The molecule has 0 bridgehead atoms. The second-order valence-electron chi connectivity index (χ2n) is 7.27. The van der Waals surface area contributed by atoms with Crippen molar-refractivity contribution in [2.24, 2.45) is 5.92 Å². The van der Waals surface area contributed by atoms with Crippen LogP contribution in [0.5, 0.6) is 0 Å². The van der Waals surface area contributed by atoms with Crippen LogP contribution in [-0.2, 0) is 4.79 Å². The largest absolute Gasteiger partial charge is 0.369 e. The molecule has 1 aromatic rings. The zero-order chi connectivity index (χ0) is 17.8. The summed E-state index contributed by atoms with van der Waals surface area (Å²) in [5, 5.41) is 0. The first-order valence-corrected chi connectivity index (χ1v) is 9.38. The Morgan fingerprint density at radius 2 is 1.84 bits per heavy atom. The van der Waals surface area contributed by atoms with E-state index in [0.29, 0.717) is 31.1 Å². The summed E-state index contributed by atoms with van der Waals surface area (Å²) in [6.07, 6.45) is 6.36. The fourth-order valence-corrected chi connectivity index (χ4v) is 4.12. The van der Waals surface area contributed by atoms with Gasteiger partial charge in [-0.2, -0.15) is 0 Å². The fraction of sp³-hybridized carbons (Fsp3) is 0.600. The molecule has 1 saturated heterocycles. The van der Waals surface area contributed by atoms with E-state index in [1.807, 2.05) is 9.80 Å². The van der Waals surface area contributed by atoms with Crippen molar-refractivity contribution >= 4 is 17.4 Å². The molecule has 1 aliphatic heterocycles. The highest BCUT2D eigenvalue weighted by molar-refractivity contribution is 6.00. The third-order valence-electron chi connectivity index (χ3n) is 5.47. The van der Waals surface area contributed by atoms with E-state index in [0.717, 1.165) is 19.5 Å². The second-order valence-corrected chi connectivity index (χ2v) is 7.27. The molecule has 3 rings (SSSR count). The molecule has 4 nitrogen and oxygen atoms in total. The van der Waals surface area contributed by atoms with Gasteiger partial charge in [0.15, 0.2) is 5.78 Å². The van der Waals surface area contributed by atoms with E-state index in [-0.39, 0.29) is 17.3 Å². The van der Waals surface area contributed by atoms with E-state index in [4.69, 9.17) is 0 Å². The van der Waals surface area contributed by atoms with Gasteiger partial charge in [-0.3, -0.25) is 9.59 Å². The summed E-state index contributed by atoms with van der Waals surface area (Å²) in [5.41, 5.74) is 0.811. The van der Waals surface area contributed by atoms with Crippen LogP contribution in [0.1, 0.15) is 55.8 Å². The highest BCUT2D eigenvalue weighted by Gasteiger charge is 2.25. The van der Waals surface area contributed by atoms with Crippen molar-refractivity contribution in [1.29, 1.82) is 0 Å². The minimum atomic E-state index is -0.469. The van der Waals surface area contributed by atoms with Gasteiger partial charge in [-0.25, -0.2) is 4.39 Å². The third-order valence-corrected chi connectivity index (χ3v) is 5.47. The summed E-state index contributed by atoms with van der Waals surface area (Å²) in [7, 11) is 0. The van der Waals surface area contributed by atoms with Crippen LogP contribution in [0.25, 0.3) is 0 Å². The Balaban J connectivity index is 1.66. The van der Waals surface area contributed by atoms with E-state index >= 15 is 0 Å². The number of Topliss-reactive ketones (excluding diaryl/α,β-unsaturated/α-hetero) is 1. The number of amides is 1. The molecule has 0 atom stereocenters. The number of hydrogen-bond donors (Lipinski definition) is 0. The molecule has 1 aliphatic carbocycles. The van der Waals surface area contributed by atoms with Gasteiger partial charge in [0.25, 0.3) is 0 Å². The van der Waals surface area contributed by atoms with Crippen molar-refractivity contribution in [3.8, 4) is 0 Å². The molecule has 1 amide bonds. The lowest BCUT2D eigenvalue weighted by Gasteiger charge is -2.26. The van der Waals surface area contributed by atoms with E-state index < -0.39 is 5.82 Å². The zero-order valence-electron chi connectivity index (χ0n) is 15.0. The molecule has 5 heteroatoms. The smallest absolute Gasteiger partial charge is 0.222 e. The minimum Gasteiger partial charge on any atom is -0.369 e. The molecule has 2 fully saturated rings. The molecule has 0 aromatic heterocycles. The lowest BCUT2D eigenvalue weighted by Crippen LogP contribution is -2.36. The van der Waals surface area contributed by atoms with Crippen molar-refractivity contribution < 1.29 is 14.0 Å².